The second kappa shape index (κ2) is 6.30. The summed E-state index contributed by atoms with van der Waals surface area (Å²) in [6, 6.07) is 3.46. The van der Waals surface area contributed by atoms with Crippen molar-refractivity contribution >= 4 is 23.4 Å². The van der Waals surface area contributed by atoms with Gasteiger partial charge in [-0.15, -0.1) is 0 Å². The van der Waals surface area contributed by atoms with Gasteiger partial charge in [0.05, 0.1) is 0 Å². The monoisotopic (exact) mass is 300 g/mol. The van der Waals surface area contributed by atoms with Crippen LogP contribution in [0.3, 0.4) is 0 Å². The molecule has 0 radical (unpaired) electrons. The zero-order valence-electron chi connectivity index (χ0n) is 10.2. The smallest absolute Gasteiger partial charge is 0.140 e. The van der Waals surface area contributed by atoms with Gasteiger partial charge in [-0.25, -0.2) is 18.7 Å². The van der Waals surface area contributed by atoms with Crippen LogP contribution in [0.4, 0.5) is 8.78 Å². The molecule has 0 aliphatic heterocycles. The van der Waals surface area contributed by atoms with Crippen LogP contribution in [0.2, 0.25) is 5.15 Å². The lowest BCUT2D eigenvalue weighted by Gasteiger charge is -2.08. The summed E-state index contributed by atoms with van der Waals surface area (Å²) in [5.41, 5.74) is 0.792. The Morgan fingerprint density at radius 1 is 1.26 bits per heavy atom. The van der Waals surface area contributed by atoms with Crippen molar-refractivity contribution in [1.82, 2.24) is 9.97 Å². The summed E-state index contributed by atoms with van der Waals surface area (Å²) in [6.45, 7) is 2.01. The van der Waals surface area contributed by atoms with E-state index in [1.54, 1.807) is 0 Å². The van der Waals surface area contributed by atoms with Crippen molar-refractivity contribution in [2.75, 3.05) is 0 Å². The van der Waals surface area contributed by atoms with Crippen molar-refractivity contribution in [3.05, 3.63) is 46.9 Å². The largest absolute Gasteiger partial charge is 0.229 e. The van der Waals surface area contributed by atoms with Crippen LogP contribution >= 0.6 is 23.4 Å². The average Bonchev–Trinajstić information content (AvgIpc) is 2.37. The lowest BCUT2D eigenvalue weighted by molar-refractivity contribution is 0.565. The summed E-state index contributed by atoms with van der Waals surface area (Å²) in [5.74, 6) is -1.21. The van der Waals surface area contributed by atoms with E-state index in [0.29, 0.717) is 21.5 Å². The molecule has 1 aromatic heterocycles. The molecule has 0 N–H and O–H groups in total. The van der Waals surface area contributed by atoms with Crippen LogP contribution in [0.25, 0.3) is 0 Å². The van der Waals surface area contributed by atoms with E-state index in [1.807, 2.05) is 6.92 Å². The lowest BCUT2D eigenvalue weighted by atomic mass is 10.2. The van der Waals surface area contributed by atoms with Crippen molar-refractivity contribution < 1.29 is 8.78 Å². The summed E-state index contributed by atoms with van der Waals surface area (Å²) in [6.07, 6.45) is 2.93. The summed E-state index contributed by atoms with van der Waals surface area (Å²) in [7, 11) is 0. The van der Waals surface area contributed by atoms with Crippen LogP contribution in [0.1, 0.15) is 18.9 Å². The molecule has 19 heavy (non-hydrogen) atoms. The second-order valence-corrected chi connectivity index (χ2v) is 5.26. The minimum absolute atomic E-state index is 0.313. The van der Waals surface area contributed by atoms with Gasteiger partial charge in [-0.3, -0.25) is 0 Å². The highest BCUT2D eigenvalue weighted by molar-refractivity contribution is 7.99. The van der Waals surface area contributed by atoms with Crippen molar-refractivity contribution in [3.8, 4) is 0 Å². The molecule has 2 aromatic rings. The Balaban J connectivity index is 2.35. The highest BCUT2D eigenvalue weighted by Gasteiger charge is 2.13. The number of halogens is 3. The SMILES string of the molecule is CCCc1c(Cl)ncnc1Sc1ccc(F)cc1F. The summed E-state index contributed by atoms with van der Waals surface area (Å²) in [5, 5.41) is 0.981. The fourth-order valence-corrected chi connectivity index (χ4v) is 2.79. The molecular formula is C13H11ClF2N2S. The van der Waals surface area contributed by atoms with Crippen LogP contribution in [-0.2, 0) is 6.42 Å². The zero-order valence-corrected chi connectivity index (χ0v) is 11.7. The van der Waals surface area contributed by atoms with Gasteiger partial charge in [0.1, 0.15) is 28.1 Å². The Morgan fingerprint density at radius 2 is 2.05 bits per heavy atom. The van der Waals surface area contributed by atoms with Crippen LogP contribution in [-0.4, -0.2) is 9.97 Å². The molecule has 0 atom stereocenters. The van der Waals surface area contributed by atoms with Crippen molar-refractivity contribution in [2.24, 2.45) is 0 Å². The molecule has 1 heterocycles. The van der Waals surface area contributed by atoms with E-state index in [4.69, 9.17) is 11.6 Å². The van der Waals surface area contributed by atoms with Gasteiger partial charge in [0, 0.05) is 16.5 Å². The van der Waals surface area contributed by atoms with Gasteiger partial charge < -0.3 is 0 Å². The first-order valence-electron chi connectivity index (χ1n) is 5.74. The minimum Gasteiger partial charge on any atom is -0.229 e. The van der Waals surface area contributed by atoms with Crippen molar-refractivity contribution in [3.63, 3.8) is 0 Å². The normalized spacial score (nSPS) is 10.7. The highest BCUT2D eigenvalue weighted by atomic mass is 35.5. The first kappa shape index (κ1) is 14.2. The topological polar surface area (TPSA) is 25.8 Å². The van der Waals surface area contributed by atoms with Crippen LogP contribution < -0.4 is 0 Å². The summed E-state index contributed by atoms with van der Waals surface area (Å²) >= 11 is 7.15. The third kappa shape index (κ3) is 3.42. The molecule has 0 aliphatic rings. The number of nitrogens with zero attached hydrogens (tertiary/aromatic N) is 2. The van der Waals surface area contributed by atoms with Gasteiger partial charge in [-0.05, 0) is 18.6 Å². The first-order chi connectivity index (χ1) is 9.11. The zero-order chi connectivity index (χ0) is 13.8. The average molecular weight is 301 g/mol. The molecule has 1 aromatic carbocycles. The van der Waals surface area contributed by atoms with E-state index in [2.05, 4.69) is 9.97 Å². The van der Waals surface area contributed by atoms with Crippen LogP contribution in [0.15, 0.2) is 34.4 Å². The van der Waals surface area contributed by atoms with Gasteiger partial charge in [-0.2, -0.15) is 0 Å². The van der Waals surface area contributed by atoms with E-state index >= 15 is 0 Å². The fourth-order valence-electron chi connectivity index (χ4n) is 1.59. The number of hydrogen-bond acceptors (Lipinski definition) is 3. The van der Waals surface area contributed by atoms with Crippen molar-refractivity contribution in [1.29, 1.82) is 0 Å². The summed E-state index contributed by atoms with van der Waals surface area (Å²) in [4.78, 5) is 8.36. The first-order valence-corrected chi connectivity index (χ1v) is 6.93. The van der Waals surface area contributed by atoms with E-state index in [1.165, 1.54) is 18.5 Å². The lowest BCUT2D eigenvalue weighted by Crippen LogP contribution is -1.96. The van der Waals surface area contributed by atoms with Gasteiger partial charge in [0.25, 0.3) is 0 Å². The number of benzene rings is 1. The molecule has 2 nitrogen and oxygen atoms in total. The Labute approximate surface area is 119 Å². The predicted molar refractivity (Wildman–Crippen MR) is 71.5 cm³/mol. The maximum Gasteiger partial charge on any atom is 0.140 e. The third-order valence-electron chi connectivity index (χ3n) is 2.45. The maximum atomic E-state index is 13.6. The Hall–Kier alpha value is -1.20. The maximum absolute atomic E-state index is 13.6. The molecule has 0 amide bonds. The Bertz CT molecular complexity index is 593. The van der Waals surface area contributed by atoms with Crippen molar-refractivity contribution in [2.45, 2.75) is 29.7 Å². The molecule has 100 valence electrons. The quantitative estimate of drug-likeness (QED) is 0.777. The van der Waals surface area contributed by atoms with Gasteiger partial charge in [-0.1, -0.05) is 36.7 Å². The molecule has 0 unspecified atom stereocenters. The van der Waals surface area contributed by atoms with Crippen LogP contribution in [0, 0.1) is 11.6 Å². The summed E-state index contributed by atoms with van der Waals surface area (Å²) < 4.78 is 26.5. The van der Waals surface area contributed by atoms with Gasteiger partial charge >= 0.3 is 0 Å². The Kier molecular flexibility index (Phi) is 4.71. The third-order valence-corrected chi connectivity index (χ3v) is 3.88. The number of hydrogen-bond donors (Lipinski definition) is 0. The van der Waals surface area contributed by atoms with E-state index < -0.39 is 11.6 Å². The molecule has 0 bridgehead atoms. The number of rotatable bonds is 4. The predicted octanol–water partition coefficient (Wildman–Crippen LogP) is 4.51. The van der Waals surface area contributed by atoms with Crippen LogP contribution in [0.5, 0.6) is 0 Å². The molecule has 2 rings (SSSR count). The van der Waals surface area contributed by atoms with E-state index in [9.17, 15) is 8.78 Å². The molecule has 0 spiro atoms. The Morgan fingerprint density at radius 3 is 2.74 bits per heavy atom. The van der Waals surface area contributed by atoms with Gasteiger partial charge in [0.15, 0.2) is 0 Å². The molecule has 0 aliphatic carbocycles. The highest BCUT2D eigenvalue weighted by Crippen LogP contribution is 2.33. The van der Waals surface area contributed by atoms with E-state index in [-0.39, 0.29) is 0 Å². The molecule has 0 saturated heterocycles. The second-order valence-electron chi connectivity index (χ2n) is 3.87. The van der Waals surface area contributed by atoms with Gasteiger partial charge in [0.2, 0.25) is 0 Å². The minimum atomic E-state index is -0.609. The number of aromatic nitrogens is 2. The van der Waals surface area contributed by atoms with E-state index in [0.717, 1.165) is 29.8 Å². The molecule has 0 fully saturated rings. The molecular weight excluding hydrogens is 290 g/mol. The fraction of sp³-hybridized carbons (Fsp3) is 0.231. The molecule has 6 heteroatoms. The standard InChI is InChI=1S/C13H11ClF2N2S/c1-2-3-9-12(14)17-7-18-13(9)19-11-5-4-8(15)6-10(11)16/h4-7H,2-3H2,1H3. The molecule has 0 saturated carbocycles.